The lowest BCUT2D eigenvalue weighted by Crippen LogP contribution is -2.30. The molecule has 0 aromatic heterocycles. The van der Waals surface area contributed by atoms with Crippen molar-refractivity contribution in [2.24, 2.45) is 5.73 Å². The fourth-order valence-corrected chi connectivity index (χ4v) is 1.43. The number of nitrogens with two attached hydrogens (primary N) is 1. The van der Waals surface area contributed by atoms with Crippen molar-refractivity contribution in [1.82, 2.24) is 0 Å². The Labute approximate surface area is 90.2 Å². The Bertz CT molecular complexity index is 296. The van der Waals surface area contributed by atoms with Gasteiger partial charge in [-0.2, -0.15) is 0 Å². The number of rotatable bonds is 3. The number of allylic oxidation sites excluding steroid dienone is 1. The quantitative estimate of drug-likeness (QED) is 0.655. The molecule has 0 bridgehead atoms. The molecule has 0 saturated heterocycles. The molecule has 0 aromatic carbocycles. The summed E-state index contributed by atoms with van der Waals surface area (Å²) in [6, 6.07) is -0.882. The summed E-state index contributed by atoms with van der Waals surface area (Å²) in [7, 11) is 0. The smallest absolute Gasteiger partial charge is 0.320 e. The van der Waals surface area contributed by atoms with Crippen molar-refractivity contribution in [1.29, 1.82) is 0 Å². The SMILES string of the molecule is NC(CC1=CCC(O)(Br)C=C1)C(=O)O. The fraction of sp³-hybridized carbons (Fsp3) is 0.444. The first-order chi connectivity index (χ1) is 6.41. The van der Waals surface area contributed by atoms with Crippen LogP contribution < -0.4 is 5.73 Å². The van der Waals surface area contributed by atoms with Crippen LogP contribution in [0.2, 0.25) is 0 Å². The Hall–Kier alpha value is -0.650. The molecule has 5 heteroatoms. The predicted octanol–water partition coefficient (Wildman–Crippen LogP) is 0.758. The second kappa shape index (κ2) is 4.25. The average Bonchev–Trinajstić information content (AvgIpc) is 2.08. The third kappa shape index (κ3) is 3.25. The van der Waals surface area contributed by atoms with E-state index in [0.29, 0.717) is 6.42 Å². The Kier molecular flexibility index (Phi) is 3.47. The van der Waals surface area contributed by atoms with Crippen LogP contribution in [0.1, 0.15) is 12.8 Å². The zero-order valence-electron chi connectivity index (χ0n) is 7.48. The highest BCUT2D eigenvalue weighted by atomic mass is 79.9. The molecule has 0 saturated carbocycles. The summed E-state index contributed by atoms with van der Waals surface area (Å²) >= 11 is 3.09. The maximum atomic E-state index is 10.5. The number of hydrogen-bond donors (Lipinski definition) is 3. The first-order valence-corrected chi connectivity index (χ1v) is 4.98. The largest absolute Gasteiger partial charge is 0.480 e. The lowest BCUT2D eigenvalue weighted by atomic mass is 9.99. The molecular formula is C9H12BrNO3. The number of carboxylic acids is 1. The van der Waals surface area contributed by atoms with Crippen LogP contribution in [-0.4, -0.2) is 26.7 Å². The summed E-state index contributed by atoms with van der Waals surface area (Å²) in [5, 5.41) is 18.1. The summed E-state index contributed by atoms with van der Waals surface area (Å²) in [5.74, 6) is -1.01. The van der Waals surface area contributed by atoms with Gasteiger partial charge >= 0.3 is 5.97 Å². The van der Waals surface area contributed by atoms with Crippen molar-refractivity contribution in [3.8, 4) is 0 Å². The second-order valence-corrected chi connectivity index (χ2v) is 4.66. The molecule has 0 fully saturated rings. The standard InChI is InChI=1S/C9H12BrNO3/c10-9(14)3-1-6(2-4-9)5-7(11)8(12)13/h1-3,7,14H,4-5,11H2,(H,12,13). The van der Waals surface area contributed by atoms with Crippen LogP contribution in [0, 0.1) is 0 Å². The third-order valence-corrected chi connectivity index (χ3v) is 2.56. The number of aliphatic hydroxyl groups is 1. The number of hydrogen-bond acceptors (Lipinski definition) is 3. The summed E-state index contributed by atoms with van der Waals surface area (Å²) in [5.41, 5.74) is 6.20. The van der Waals surface area contributed by atoms with E-state index in [1.54, 1.807) is 18.2 Å². The molecule has 4 nitrogen and oxygen atoms in total. The Morgan fingerprint density at radius 2 is 2.43 bits per heavy atom. The van der Waals surface area contributed by atoms with Crippen molar-refractivity contribution in [2.45, 2.75) is 23.4 Å². The van der Waals surface area contributed by atoms with Crippen LogP contribution in [0.4, 0.5) is 0 Å². The van der Waals surface area contributed by atoms with E-state index in [1.807, 2.05) is 0 Å². The molecule has 2 unspecified atom stereocenters. The molecule has 1 rings (SSSR count). The van der Waals surface area contributed by atoms with E-state index in [2.05, 4.69) is 15.9 Å². The maximum Gasteiger partial charge on any atom is 0.320 e. The van der Waals surface area contributed by atoms with Gasteiger partial charge < -0.3 is 15.9 Å². The Morgan fingerprint density at radius 3 is 2.86 bits per heavy atom. The van der Waals surface area contributed by atoms with Gasteiger partial charge in [-0.25, -0.2) is 0 Å². The van der Waals surface area contributed by atoms with Crippen molar-refractivity contribution < 1.29 is 15.0 Å². The molecule has 14 heavy (non-hydrogen) atoms. The molecule has 4 N–H and O–H groups in total. The van der Waals surface area contributed by atoms with Gasteiger partial charge in [0.25, 0.3) is 0 Å². The van der Waals surface area contributed by atoms with Crippen molar-refractivity contribution in [2.75, 3.05) is 0 Å². The highest BCUT2D eigenvalue weighted by Gasteiger charge is 2.22. The van der Waals surface area contributed by atoms with Gasteiger partial charge in [-0.05, 0) is 34.0 Å². The lowest BCUT2D eigenvalue weighted by Gasteiger charge is -2.20. The minimum absolute atomic E-state index is 0.287. The zero-order valence-corrected chi connectivity index (χ0v) is 9.07. The highest BCUT2D eigenvalue weighted by Crippen LogP contribution is 2.27. The molecule has 0 amide bonds. The van der Waals surface area contributed by atoms with E-state index < -0.39 is 16.5 Å². The van der Waals surface area contributed by atoms with Crippen LogP contribution in [-0.2, 0) is 4.79 Å². The molecule has 78 valence electrons. The Balaban J connectivity index is 2.54. The van der Waals surface area contributed by atoms with E-state index in [4.69, 9.17) is 10.8 Å². The number of carbonyl (C=O) groups is 1. The molecule has 0 aromatic rings. The van der Waals surface area contributed by atoms with Gasteiger partial charge in [0.1, 0.15) is 10.6 Å². The lowest BCUT2D eigenvalue weighted by molar-refractivity contribution is -0.138. The fourth-order valence-electron chi connectivity index (χ4n) is 1.14. The third-order valence-electron chi connectivity index (χ3n) is 1.98. The van der Waals surface area contributed by atoms with Gasteiger partial charge in [-0.3, -0.25) is 4.79 Å². The minimum Gasteiger partial charge on any atom is -0.480 e. The normalized spacial score (nSPS) is 28.4. The van der Waals surface area contributed by atoms with Gasteiger partial charge in [0.15, 0.2) is 0 Å². The average molecular weight is 262 g/mol. The molecule has 0 radical (unpaired) electrons. The molecule has 2 atom stereocenters. The number of alkyl halides is 1. The van der Waals surface area contributed by atoms with Crippen molar-refractivity contribution in [3.63, 3.8) is 0 Å². The van der Waals surface area contributed by atoms with Gasteiger partial charge in [0.2, 0.25) is 0 Å². The molecule has 1 aliphatic carbocycles. The summed E-state index contributed by atoms with van der Waals surface area (Å²) < 4.78 is -0.996. The van der Waals surface area contributed by atoms with E-state index in [-0.39, 0.29) is 6.42 Å². The van der Waals surface area contributed by atoms with Crippen LogP contribution in [0.3, 0.4) is 0 Å². The zero-order chi connectivity index (χ0) is 10.8. The number of aliphatic carboxylic acids is 1. The van der Waals surface area contributed by atoms with Crippen molar-refractivity contribution in [3.05, 3.63) is 23.8 Å². The number of carboxylic acid groups (broad SMARTS) is 1. The van der Waals surface area contributed by atoms with Crippen LogP contribution in [0.15, 0.2) is 23.8 Å². The second-order valence-electron chi connectivity index (χ2n) is 3.28. The first-order valence-electron chi connectivity index (χ1n) is 4.19. The highest BCUT2D eigenvalue weighted by molar-refractivity contribution is 9.10. The van der Waals surface area contributed by atoms with Gasteiger partial charge in [-0.15, -0.1) is 0 Å². The maximum absolute atomic E-state index is 10.5. The summed E-state index contributed by atoms with van der Waals surface area (Å²) in [6.07, 6.45) is 5.75. The molecule has 0 spiro atoms. The van der Waals surface area contributed by atoms with Crippen LogP contribution in [0.25, 0.3) is 0 Å². The monoisotopic (exact) mass is 261 g/mol. The van der Waals surface area contributed by atoms with E-state index >= 15 is 0 Å². The molecular weight excluding hydrogens is 250 g/mol. The first kappa shape index (κ1) is 11.4. The van der Waals surface area contributed by atoms with E-state index in [0.717, 1.165) is 5.57 Å². The molecule has 0 heterocycles. The summed E-state index contributed by atoms with van der Waals surface area (Å²) in [4.78, 5) is 10.5. The van der Waals surface area contributed by atoms with E-state index in [1.165, 1.54) is 0 Å². The van der Waals surface area contributed by atoms with Gasteiger partial charge in [0, 0.05) is 6.42 Å². The Morgan fingerprint density at radius 1 is 1.79 bits per heavy atom. The van der Waals surface area contributed by atoms with E-state index in [9.17, 15) is 9.90 Å². The molecule has 1 aliphatic rings. The number of halogens is 1. The van der Waals surface area contributed by atoms with Gasteiger partial charge in [0.05, 0.1) is 0 Å². The van der Waals surface area contributed by atoms with Crippen LogP contribution in [0.5, 0.6) is 0 Å². The van der Waals surface area contributed by atoms with Gasteiger partial charge in [-0.1, -0.05) is 12.2 Å². The topological polar surface area (TPSA) is 83.5 Å². The van der Waals surface area contributed by atoms with Crippen molar-refractivity contribution >= 4 is 21.9 Å². The predicted molar refractivity (Wildman–Crippen MR) is 55.9 cm³/mol. The summed E-state index contributed by atoms with van der Waals surface area (Å²) in [6.45, 7) is 0. The minimum atomic E-state index is -1.01. The van der Waals surface area contributed by atoms with Crippen LogP contribution >= 0.6 is 15.9 Å². The molecule has 0 aliphatic heterocycles.